The summed E-state index contributed by atoms with van der Waals surface area (Å²) in [5, 5.41) is 2.92. The summed E-state index contributed by atoms with van der Waals surface area (Å²) in [5.74, 6) is 1.95. The molecule has 2 aliphatic rings. The molecule has 3 rings (SSSR count). The van der Waals surface area contributed by atoms with Gasteiger partial charge in [-0.2, -0.15) is 4.98 Å². The molecule has 0 saturated carbocycles. The molecular formula is C16H25N5O. The molecule has 0 atom stereocenters. The van der Waals surface area contributed by atoms with Crippen LogP contribution >= 0.6 is 0 Å². The van der Waals surface area contributed by atoms with E-state index in [1.54, 1.807) is 0 Å². The van der Waals surface area contributed by atoms with Crippen molar-refractivity contribution in [2.45, 2.75) is 39.0 Å². The molecule has 0 unspecified atom stereocenters. The van der Waals surface area contributed by atoms with Gasteiger partial charge in [-0.1, -0.05) is 6.92 Å². The number of piperidine rings is 1. The predicted molar refractivity (Wildman–Crippen MR) is 87.3 cm³/mol. The van der Waals surface area contributed by atoms with Crippen molar-refractivity contribution < 1.29 is 4.79 Å². The van der Waals surface area contributed by atoms with Gasteiger partial charge in [-0.3, -0.25) is 4.79 Å². The molecule has 22 heavy (non-hydrogen) atoms. The van der Waals surface area contributed by atoms with E-state index in [0.29, 0.717) is 13.0 Å². The zero-order valence-corrected chi connectivity index (χ0v) is 13.3. The van der Waals surface area contributed by atoms with E-state index in [1.165, 1.54) is 19.3 Å². The fraction of sp³-hybridized carbons (Fsp3) is 0.688. The van der Waals surface area contributed by atoms with Crippen LogP contribution < -0.4 is 15.1 Å². The van der Waals surface area contributed by atoms with Crippen LogP contribution in [0.5, 0.6) is 0 Å². The van der Waals surface area contributed by atoms with Crippen LogP contribution in [-0.2, 0) is 11.2 Å². The number of nitrogens with one attached hydrogen (secondary N) is 1. The molecule has 1 aromatic heterocycles. The molecule has 0 bridgehead atoms. The van der Waals surface area contributed by atoms with Crippen LogP contribution in [0, 0.1) is 0 Å². The van der Waals surface area contributed by atoms with E-state index < -0.39 is 0 Å². The van der Waals surface area contributed by atoms with Gasteiger partial charge in [0.05, 0.1) is 0 Å². The normalized spacial score (nSPS) is 19.8. The van der Waals surface area contributed by atoms with Crippen molar-refractivity contribution in [2.75, 3.05) is 42.5 Å². The highest BCUT2D eigenvalue weighted by Crippen LogP contribution is 2.21. The Labute approximate surface area is 131 Å². The van der Waals surface area contributed by atoms with Gasteiger partial charge in [0.15, 0.2) is 0 Å². The van der Waals surface area contributed by atoms with Crippen molar-refractivity contribution in [3.8, 4) is 0 Å². The van der Waals surface area contributed by atoms with Crippen molar-refractivity contribution in [2.24, 2.45) is 0 Å². The molecule has 3 heterocycles. The second-order valence-electron chi connectivity index (χ2n) is 6.01. The molecule has 2 saturated heterocycles. The number of aromatic nitrogens is 2. The van der Waals surface area contributed by atoms with Crippen molar-refractivity contribution >= 4 is 17.7 Å². The Balaban J connectivity index is 1.84. The Hall–Kier alpha value is -1.85. The minimum absolute atomic E-state index is 0.128. The van der Waals surface area contributed by atoms with E-state index in [1.807, 2.05) is 0 Å². The number of amides is 1. The maximum Gasteiger partial charge on any atom is 0.227 e. The first-order valence-electron chi connectivity index (χ1n) is 8.41. The Bertz CT molecular complexity index is 527. The van der Waals surface area contributed by atoms with Gasteiger partial charge < -0.3 is 15.1 Å². The summed E-state index contributed by atoms with van der Waals surface area (Å²) in [6.07, 6.45) is 5.18. The van der Waals surface area contributed by atoms with Crippen LogP contribution in [0.15, 0.2) is 6.07 Å². The zero-order chi connectivity index (χ0) is 15.4. The molecule has 6 nitrogen and oxygen atoms in total. The third-order valence-corrected chi connectivity index (χ3v) is 4.39. The van der Waals surface area contributed by atoms with Crippen LogP contribution in [0.3, 0.4) is 0 Å². The summed E-state index contributed by atoms with van der Waals surface area (Å²) in [7, 11) is 0. The molecule has 6 heteroatoms. The third kappa shape index (κ3) is 3.48. The van der Waals surface area contributed by atoms with Crippen molar-refractivity contribution in [1.29, 1.82) is 0 Å². The minimum atomic E-state index is 0.128. The second-order valence-corrected chi connectivity index (χ2v) is 6.01. The van der Waals surface area contributed by atoms with Gasteiger partial charge in [0.1, 0.15) is 5.82 Å². The second kappa shape index (κ2) is 6.94. The Morgan fingerprint density at radius 2 is 1.91 bits per heavy atom. The van der Waals surface area contributed by atoms with Crippen LogP contribution in [0.1, 0.15) is 38.3 Å². The summed E-state index contributed by atoms with van der Waals surface area (Å²) in [6.45, 7) is 6.44. The number of aryl methyl sites for hydroxylation is 1. The molecule has 2 aliphatic heterocycles. The van der Waals surface area contributed by atoms with Gasteiger partial charge in [-0.05, 0) is 25.7 Å². The fourth-order valence-electron chi connectivity index (χ4n) is 3.04. The van der Waals surface area contributed by atoms with Gasteiger partial charge >= 0.3 is 0 Å². The SMILES string of the molecule is CCc1cc(N2CCNC(=O)CC2)nc(N2CCCCC2)n1. The fourth-order valence-corrected chi connectivity index (χ4v) is 3.04. The number of carbonyl (C=O) groups excluding carboxylic acids is 1. The van der Waals surface area contributed by atoms with Crippen molar-refractivity contribution in [3.63, 3.8) is 0 Å². The molecule has 0 radical (unpaired) electrons. The van der Waals surface area contributed by atoms with Crippen LogP contribution in [0.4, 0.5) is 11.8 Å². The Morgan fingerprint density at radius 3 is 2.68 bits per heavy atom. The average molecular weight is 303 g/mol. The first-order chi connectivity index (χ1) is 10.8. The summed E-state index contributed by atoms with van der Waals surface area (Å²) in [6, 6.07) is 2.07. The van der Waals surface area contributed by atoms with Gasteiger partial charge in [-0.25, -0.2) is 4.98 Å². The summed E-state index contributed by atoms with van der Waals surface area (Å²) < 4.78 is 0. The summed E-state index contributed by atoms with van der Waals surface area (Å²) >= 11 is 0. The third-order valence-electron chi connectivity index (χ3n) is 4.39. The highest BCUT2D eigenvalue weighted by molar-refractivity contribution is 5.77. The lowest BCUT2D eigenvalue weighted by Crippen LogP contribution is -2.33. The van der Waals surface area contributed by atoms with Gasteiger partial charge in [0.2, 0.25) is 11.9 Å². The van der Waals surface area contributed by atoms with Crippen molar-refractivity contribution in [3.05, 3.63) is 11.8 Å². The molecule has 0 aliphatic carbocycles. The number of nitrogens with zero attached hydrogens (tertiary/aromatic N) is 4. The monoisotopic (exact) mass is 303 g/mol. The Morgan fingerprint density at radius 1 is 1.09 bits per heavy atom. The zero-order valence-electron chi connectivity index (χ0n) is 13.3. The first kappa shape index (κ1) is 15.1. The minimum Gasteiger partial charge on any atom is -0.354 e. The molecule has 120 valence electrons. The quantitative estimate of drug-likeness (QED) is 0.913. The van der Waals surface area contributed by atoms with E-state index in [9.17, 15) is 4.79 Å². The van der Waals surface area contributed by atoms with Crippen LogP contribution in [-0.4, -0.2) is 48.6 Å². The van der Waals surface area contributed by atoms with Crippen LogP contribution in [0.25, 0.3) is 0 Å². The molecular weight excluding hydrogens is 278 g/mol. The molecule has 1 amide bonds. The highest BCUT2D eigenvalue weighted by Gasteiger charge is 2.19. The molecule has 0 spiro atoms. The average Bonchev–Trinajstić information content (AvgIpc) is 2.80. The van der Waals surface area contributed by atoms with E-state index in [2.05, 4.69) is 28.1 Å². The largest absolute Gasteiger partial charge is 0.354 e. The lowest BCUT2D eigenvalue weighted by molar-refractivity contribution is -0.120. The van der Waals surface area contributed by atoms with Crippen LogP contribution in [0.2, 0.25) is 0 Å². The molecule has 0 aromatic carbocycles. The maximum absolute atomic E-state index is 11.5. The van der Waals surface area contributed by atoms with E-state index >= 15 is 0 Å². The van der Waals surface area contributed by atoms with E-state index in [0.717, 1.165) is 50.1 Å². The van der Waals surface area contributed by atoms with Gasteiger partial charge in [0, 0.05) is 50.9 Å². The number of hydrogen-bond acceptors (Lipinski definition) is 5. The predicted octanol–water partition coefficient (Wildman–Crippen LogP) is 1.36. The van der Waals surface area contributed by atoms with E-state index in [-0.39, 0.29) is 5.91 Å². The summed E-state index contributed by atoms with van der Waals surface area (Å²) in [4.78, 5) is 25.5. The highest BCUT2D eigenvalue weighted by atomic mass is 16.1. The number of anilines is 2. The van der Waals surface area contributed by atoms with E-state index in [4.69, 9.17) is 9.97 Å². The smallest absolute Gasteiger partial charge is 0.227 e. The molecule has 1 aromatic rings. The maximum atomic E-state index is 11.5. The Kier molecular flexibility index (Phi) is 4.75. The van der Waals surface area contributed by atoms with Gasteiger partial charge in [0.25, 0.3) is 0 Å². The first-order valence-corrected chi connectivity index (χ1v) is 8.41. The van der Waals surface area contributed by atoms with Crippen molar-refractivity contribution in [1.82, 2.24) is 15.3 Å². The molecule has 1 N–H and O–H groups in total. The van der Waals surface area contributed by atoms with Gasteiger partial charge in [-0.15, -0.1) is 0 Å². The number of hydrogen-bond donors (Lipinski definition) is 1. The standard InChI is InChI=1S/C16H25N5O/c1-2-13-12-14(20-10-6-15(22)17-7-11-20)19-16(18-13)21-8-4-3-5-9-21/h12H,2-11H2,1H3,(H,17,22). The number of carbonyl (C=O) groups is 1. The lowest BCUT2D eigenvalue weighted by atomic mass is 10.1. The summed E-state index contributed by atoms with van der Waals surface area (Å²) in [5.41, 5.74) is 1.08. The number of rotatable bonds is 3. The lowest BCUT2D eigenvalue weighted by Gasteiger charge is -2.29. The molecule has 2 fully saturated rings. The topological polar surface area (TPSA) is 61.4 Å².